The Morgan fingerprint density at radius 1 is 1.23 bits per heavy atom. The molecule has 1 fully saturated rings. The highest BCUT2D eigenvalue weighted by Crippen LogP contribution is 2.30. The molecular formula is C18H28F3IN4O3S. The van der Waals surface area contributed by atoms with Gasteiger partial charge in [0.25, 0.3) is 0 Å². The molecule has 12 heteroatoms. The van der Waals surface area contributed by atoms with Gasteiger partial charge in [-0.15, -0.1) is 24.0 Å². The first-order valence-corrected chi connectivity index (χ1v) is 10.8. The Kier molecular flexibility index (Phi) is 10.8. The first-order chi connectivity index (χ1) is 13.7. The summed E-state index contributed by atoms with van der Waals surface area (Å²) in [6.07, 6.45) is 0.672. The van der Waals surface area contributed by atoms with E-state index in [1.165, 1.54) is 0 Å². The summed E-state index contributed by atoms with van der Waals surface area (Å²) in [6.45, 7) is 0.596. The van der Waals surface area contributed by atoms with E-state index in [-0.39, 0.29) is 55.5 Å². The van der Waals surface area contributed by atoms with Gasteiger partial charge in [0, 0.05) is 39.1 Å². The number of rotatable bonds is 7. The Balaban J connectivity index is 0.00000450. The quantitative estimate of drug-likeness (QED) is 0.268. The van der Waals surface area contributed by atoms with Gasteiger partial charge in [0.15, 0.2) is 5.96 Å². The van der Waals surface area contributed by atoms with Crippen molar-refractivity contribution in [2.45, 2.75) is 24.3 Å². The lowest BCUT2D eigenvalue weighted by Crippen LogP contribution is -2.47. The van der Waals surface area contributed by atoms with Crippen LogP contribution in [0.15, 0.2) is 35.3 Å². The van der Waals surface area contributed by atoms with Gasteiger partial charge in [0.2, 0.25) is 0 Å². The van der Waals surface area contributed by atoms with E-state index in [0.717, 1.165) is 5.56 Å². The van der Waals surface area contributed by atoms with E-state index in [0.29, 0.717) is 36.2 Å². The van der Waals surface area contributed by atoms with Gasteiger partial charge in [0.1, 0.15) is 0 Å². The van der Waals surface area contributed by atoms with Crippen LogP contribution in [0.25, 0.3) is 0 Å². The molecule has 0 bridgehead atoms. The van der Waals surface area contributed by atoms with Gasteiger partial charge in [-0.05, 0) is 24.3 Å². The number of guanidine groups is 1. The predicted molar refractivity (Wildman–Crippen MR) is 120 cm³/mol. The van der Waals surface area contributed by atoms with Crippen LogP contribution in [0.3, 0.4) is 0 Å². The molecule has 1 aromatic carbocycles. The number of aliphatic hydroxyl groups is 1. The summed E-state index contributed by atoms with van der Waals surface area (Å²) in [5.41, 5.74) is -4.26. The molecule has 0 saturated carbocycles. The van der Waals surface area contributed by atoms with E-state index in [1.807, 2.05) is 30.3 Å². The number of aliphatic imine (C=N–C) groups is 1. The van der Waals surface area contributed by atoms with E-state index < -0.39 is 15.5 Å². The second-order valence-electron chi connectivity index (χ2n) is 6.92. The number of aliphatic hydroxyl groups excluding tert-OH is 1. The summed E-state index contributed by atoms with van der Waals surface area (Å²) in [5, 5.41) is 15.9. The van der Waals surface area contributed by atoms with Crippen LogP contribution in [0, 0.1) is 5.92 Å². The lowest BCUT2D eigenvalue weighted by molar-refractivity contribution is -0.0496. The SMILES string of the molecule is CN=C(NCC1CCN(S(=O)(=O)C(F)(F)F)CC1)NCC(CO)c1ccccc1.I. The summed E-state index contributed by atoms with van der Waals surface area (Å²) in [5.74, 6) is 0.450. The molecule has 30 heavy (non-hydrogen) atoms. The first kappa shape index (κ1) is 26.9. The third kappa shape index (κ3) is 7.24. The molecule has 0 amide bonds. The van der Waals surface area contributed by atoms with Crippen LogP contribution in [0.2, 0.25) is 0 Å². The van der Waals surface area contributed by atoms with Crippen LogP contribution >= 0.6 is 24.0 Å². The fraction of sp³-hybridized carbons (Fsp3) is 0.611. The molecule has 0 radical (unpaired) electrons. The lowest BCUT2D eigenvalue weighted by atomic mass is 9.98. The average Bonchev–Trinajstić information content (AvgIpc) is 2.71. The fourth-order valence-corrected chi connectivity index (χ4v) is 4.18. The second-order valence-corrected chi connectivity index (χ2v) is 8.85. The number of hydrogen-bond acceptors (Lipinski definition) is 4. The zero-order valence-electron chi connectivity index (χ0n) is 16.6. The maximum atomic E-state index is 12.6. The Hall–Kier alpha value is -1.12. The van der Waals surface area contributed by atoms with Gasteiger partial charge < -0.3 is 15.7 Å². The molecule has 2 rings (SSSR count). The van der Waals surface area contributed by atoms with Crippen LogP contribution in [0.1, 0.15) is 24.3 Å². The van der Waals surface area contributed by atoms with Crippen LogP contribution in [0.4, 0.5) is 13.2 Å². The van der Waals surface area contributed by atoms with Crippen molar-refractivity contribution in [1.29, 1.82) is 0 Å². The molecule has 1 heterocycles. The molecule has 1 aromatic rings. The Morgan fingerprint density at radius 2 is 1.83 bits per heavy atom. The van der Waals surface area contributed by atoms with Gasteiger partial charge >= 0.3 is 15.5 Å². The third-order valence-corrected chi connectivity index (χ3v) is 6.62. The van der Waals surface area contributed by atoms with Gasteiger partial charge in [-0.2, -0.15) is 17.5 Å². The van der Waals surface area contributed by atoms with E-state index in [9.17, 15) is 26.7 Å². The molecule has 0 aromatic heterocycles. The highest BCUT2D eigenvalue weighted by Gasteiger charge is 2.50. The molecule has 0 spiro atoms. The van der Waals surface area contributed by atoms with E-state index in [4.69, 9.17) is 0 Å². The monoisotopic (exact) mass is 564 g/mol. The number of benzene rings is 1. The van der Waals surface area contributed by atoms with Crippen LogP contribution < -0.4 is 10.6 Å². The van der Waals surface area contributed by atoms with Crippen molar-refractivity contribution in [2.24, 2.45) is 10.9 Å². The van der Waals surface area contributed by atoms with Crippen LogP contribution in [-0.4, -0.2) is 69.1 Å². The summed E-state index contributed by atoms with van der Waals surface area (Å²) in [6, 6.07) is 9.56. The van der Waals surface area contributed by atoms with Gasteiger partial charge in [-0.25, -0.2) is 8.42 Å². The van der Waals surface area contributed by atoms with Gasteiger partial charge in [-0.3, -0.25) is 4.99 Å². The zero-order valence-corrected chi connectivity index (χ0v) is 19.7. The minimum atomic E-state index is -5.26. The normalized spacial score (nSPS) is 17.8. The standard InChI is InChI=1S/C18H27F3N4O3S.HI/c1-22-17(24-12-16(13-26)15-5-3-2-4-6-15)23-11-14-7-9-25(10-8-14)29(27,28)18(19,20)21;/h2-6,14,16,26H,7-13H2,1H3,(H2,22,23,24);1H. The largest absolute Gasteiger partial charge is 0.511 e. The summed E-state index contributed by atoms with van der Waals surface area (Å²) >= 11 is 0. The number of nitrogens with zero attached hydrogens (tertiary/aromatic N) is 2. The number of alkyl halides is 3. The average molecular weight is 564 g/mol. The van der Waals surface area contributed by atoms with Crippen LogP contribution in [0.5, 0.6) is 0 Å². The van der Waals surface area contributed by atoms with Crippen molar-refractivity contribution in [1.82, 2.24) is 14.9 Å². The van der Waals surface area contributed by atoms with E-state index >= 15 is 0 Å². The molecule has 1 aliphatic heterocycles. The second kappa shape index (κ2) is 12.1. The maximum absolute atomic E-state index is 12.6. The maximum Gasteiger partial charge on any atom is 0.511 e. The molecule has 0 aliphatic carbocycles. The number of nitrogens with one attached hydrogen (secondary N) is 2. The molecule has 1 aliphatic rings. The van der Waals surface area contributed by atoms with E-state index in [2.05, 4.69) is 15.6 Å². The molecular weight excluding hydrogens is 536 g/mol. The highest BCUT2D eigenvalue weighted by atomic mass is 127. The number of halogens is 4. The summed E-state index contributed by atoms with van der Waals surface area (Å²) in [4.78, 5) is 4.12. The van der Waals surface area contributed by atoms with Crippen molar-refractivity contribution in [3.05, 3.63) is 35.9 Å². The highest BCUT2D eigenvalue weighted by molar-refractivity contribution is 14.0. The van der Waals surface area contributed by atoms with Crippen molar-refractivity contribution in [3.8, 4) is 0 Å². The van der Waals surface area contributed by atoms with Crippen molar-refractivity contribution in [2.75, 3.05) is 39.8 Å². The van der Waals surface area contributed by atoms with Gasteiger partial charge in [-0.1, -0.05) is 30.3 Å². The van der Waals surface area contributed by atoms with Crippen molar-refractivity contribution >= 4 is 40.0 Å². The van der Waals surface area contributed by atoms with E-state index in [1.54, 1.807) is 7.05 Å². The number of hydrogen-bond donors (Lipinski definition) is 3. The van der Waals surface area contributed by atoms with Crippen molar-refractivity contribution in [3.63, 3.8) is 0 Å². The third-order valence-electron chi connectivity index (χ3n) is 4.99. The molecule has 1 unspecified atom stereocenters. The Labute approximate surface area is 192 Å². The summed E-state index contributed by atoms with van der Waals surface area (Å²) < 4.78 is 61.3. The molecule has 172 valence electrons. The first-order valence-electron chi connectivity index (χ1n) is 9.35. The molecule has 1 atom stereocenters. The predicted octanol–water partition coefficient (Wildman–Crippen LogP) is 2.11. The molecule has 3 N–H and O–H groups in total. The summed E-state index contributed by atoms with van der Waals surface area (Å²) in [7, 11) is -3.65. The molecule has 1 saturated heterocycles. The fourth-order valence-electron chi connectivity index (χ4n) is 3.19. The molecule has 7 nitrogen and oxygen atoms in total. The minimum absolute atomic E-state index is 0. The topological polar surface area (TPSA) is 94.0 Å². The Bertz CT molecular complexity index is 771. The lowest BCUT2D eigenvalue weighted by Gasteiger charge is -2.31. The van der Waals surface area contributed by atoms with Gasteiger partial charge in [0.05, 0.1) is 6.61 Å². The Morgan fingerprint density at radius 3 is 2.33 bits per heavy atom. The minimum Gasteiger partial charge on any atom is -0.396 e. The van der Waals surface area contributed by atoms with Crippen molar-refractivity contribution < 1.29 is 26.7 Å². The number of sulfonamides is 1. The smallest absolute Gasteiger partial charge is 0.396 e. The zero-order chi connectivity index (χ0) is 21.5. The number of piperidine rings is 1. The van der Waals surface area contributed by atoms with Crippen LogP contribution in [-0.2, 0) is 10.0 Å².